The van der Waals surface area contributed by atoms with Crippen molar-refractivity contribution in [3.63, 3.8) is 0 Å². The van der Waals surface area contributed by atoms with Gasteiger partial charge in [-0.05, 0) is 0 Å². The average molecular weight is 258 g/mol. The van der Waals surface area contributed by atoms with Crippen molar-refractivity contribution >= 4 is 21.6 Å². The van der Waals surface area contributed by atoms with Crippen LogP contribution in [0.2, 0.25) is 0 Å². The Morgan fingerprint density at radius 1 is 1.59 bits per heavy atom. The third kappa shape index (κ3) is 3.53. The van der Waals surface area contributed by atoms with Crippen molar-refractivity contribution in [3.8, 4) is 0 Å². The lowest BCUT2D eigenvalue weighted by molar-refractivity contribution is -0.116. The van der Waals surface area contributed by atoms with Gasteiger partial charge in [0.25, 0.3) is 0 Å². The largest absolute Gasteiger partial charge is 0.311 e. The molecule has 1 atom stereocenters. The molecule has 0 aromatic carbocycles. The molecule has 2 heterocycles. The highest BCUT2D eigenvalue weighted by Crippen LogP contribution is 2.07. The Balaban J connectivity index is 1.86. The zero-order chi connectivity index (χ0) is 12.3. The predicted octanol–water partition coefficient (Wildman–Crippen LogP) is -0.875. The predicted molar refractivity (Wildman–Crippen MR) is 62.3 cm³/mol. The second kappa shape index (κ2) is 4.84. The number of aromatic nitrogens is 2. The molecule has 3 N–H and O–H groups in total. The van der Waals surface area contributed by atoms with Gasteiger partial charge in [0.2, 0.25) is 5.91 Å². The molecule has 94 valence electrons. The van der Waals surface area contributed by atoms with E-state index < -0.39 is 9.84 Å². The van der Waals surface area contributed by atoms with E-state index in [-0.39, 0.29) is 29.9 Å². The number of nitrogens with zero attached hydrogens (tertiary/aromatic N) is 1. The number of hydrogen-bond acceptors (Lipinski definition) is 5. The number of carbonyl (C=O) groups is 1. The maximum atomic E-state index is 11.6. The molecule has 2 rings (SSSR count). The van der Waals surface area contributed by atoms with Gasteiger partial charge in [0.15, 0.2) is 9.84 Å². The number of amides is 1. The SMILES string of the molecule is O=C(CC1CS(=O)(=O)CCN1)Nc1ccn[nH]1. The van der Waals surface area contributed by atoms with E-state index in [0.29, 0.717) is 12.4 Å². The quantitative estimate of drug-likeness (QED) is 0.653. The van der Waals surface area contributed by atoms with Crippen LogP contribution in [0.3, 0.4) is 0 Å². The molecule has 1 unspecified atom stereocenters. The van der Waals surface area contributed by atoms with E-state index in [1.165, 1.54) is 6.20 Å². The van der Waals surface area contributed by atoms with Gasteiger partial charge >= 0.3 is 0 Å². The molecular formula is C9H14N4O3S. The second-order valence-corrected chi connectivity index (χ2v) is 6.22. The second-order valence-electron chi connectivity index (χ2n) is 3.99. The molecule has 0 radical (unpaired) electrons. The van der Waals surface area contributed by atoms with Gasteiger partial charge in [-0.2, -0.15) is 5.10 Å². The molecule has 0 saturated carbocycles. The van der Waals surface area contributed by atoms with Crippen LogP contribution < -0.4 is 10.6 Å². The van der Waals surface area contributed by atoms with Crippen LogP contribution in [0.1, 0.15) is 6.42 Å². The van der Waals surface area contributed by atoms with Gasteiger partial charge in [-0.25, -0.2) is 8.42 Å². The van der Waals surface area contributed by atoms with Crippen LogP contribution in [0.4, 0.5) is 5.82 Å². The van der Waals surface area contributed by atoms with Gasteiger partial charge in [0.1, 0.15) is 5.82 Å². The van der Waals surface area contributed by atoms with Crippen molar-refractivity contribution in [2.45, 2.75) is 12.5 Å². The van der Waals surface area contributed by atoms with Crippen molar-refractivity contribution in [2.24, 2.45) is 0 Å². The summed E-state index contributed by atoms with van der Waals surface area (Å²) in [5, 5.41) is 11.9. The Morgan fingerprint density at radius 3 is 3.06 bits per heavy atom. The maximum absolute atomic E-state index is 11.6. The lowest BCUT2D eigenvalue weighted by Crippen LogP contribution is -2.46. The highest BCUT2D eigenvalue weighted by atomic mass is 32.2. The topological polar surface area (TPSA) is 104 Å². The van der Waals surface area contributed by atoms with Crippen molar-refractivity contribution < 1.29 is 13.2 Å². The summed E-state index contributed by atoms with van der Waals surface area (Å²) in [4.78, 5) is 11.6. The fourth-order valence-electron chi connectivity index (χ4n) is 1.75. The van der Waals surface area contributed by atoms with Crippen LogP contribution >= 0.6 is 0 Å². The molecule has 17 heavy (non-hydrogen) atoms. The first-order valence-electron chi connectivity index (χ1n) is 5.28. The van der Waals surface area contributed by atoms with Gasteiger partial charge in [-0.3, -0.25) is 9.89 Å². The smallest absolute Gasteiger partial charge is 0.227 e. The summed E-state index contributed by atoms with van der Waals surface area (Å²) >= 11 is 0. The third-order valence-electron chi connectivity index (χ3n) is 2.51. The lowest BCUT2D eigenvalue weighted by Gasteiger charge is -2.22. The highest BCUT2D eigenvalue weighted by molar-refractivity contribution is 7.91. The average Bonchev–Trinajstić information content (AvgIpc) is 2.68. The van der Waals surface area contributed by atoms with Crippen LogP contribution in [0.5, 0.6) is 0 Å². The first-order valence-corrected chi connectivity index (χ1v) is 7.10. The van der Waals surface area contributed by atoms with Crippen molar-refractivity contribution in [3.05, 3.63) is 12.3 Å². The van der Waals surface area contributed by atoms with Gasteiger partial charge < -0.3 is 10.6 Å². The minimum Gasteiger partial charge on any atom is -0.311 e. The number of anilines is 1. The van der Waals surface area contributed by atoms with E-state index in [0.717, 1.165) is 0 Å². The molecule has 1 aromatic heterocycles. The summed E-state index contributed by atoms with van der Waals surface area (Å²) in [5.74, 6) is 0.437. The molecule has 1 aliphatic heterocycles. The molecule has 0 bridgehead atoms. The number of sulfone groups is 1. The number of H-pyrrole nitrogens is 1. The monoisotopic (exact) mass is 258 g/mol. The molecule has 1 fully saturated rings. The van der Waals surface area contributed by atoms with Crippen molar-refractivity contribution in [1.82, 2.24) is 15.5 Å². The third-order valence-corrected chi connectivity index (χ3v) is 4.24. The Kier molecular flexibility index (Phi) is 3.43. The summed E-state index contributed by atoms with van der Waals surface area (Å²) in [5.41, 5.74) is 0. The molecule has 0 aliphatic carbocycles. The normalized spacial score (nSPS) is 23.2. The molecule has 7 nitrogen and oxygen atoms in total. The van der Waals surface area contributed by atoms with Crippen LogP contribution in [0, 0.1) is 0 Å². The fraction of sp³-hybridized carbons (Fsp3) is 0.556. The first-order chi connectivity index (χ1) is 8.05. The van der Waals surface area contributed by atoms with E-state index >= 15 is 0 Å². The fourth-order valence-corrected chi connectivity index (χ4v) is 3.19. The van der Waals surface area contributed by atoms with E-state index in [1.807, 2.05) is 0 Å². The van der Waals surface area contributed by atoms with Gasteiger partial charge in [0, 0.05) is 25.1 Å². The number of nitrogens with one attached hydrogen (secondary N) is 3. The Bertz CT molecular complexity index is 482. The van der Waals surface area contributed by atoms with E-state index in [2.05, 4.69) is 20.8 Å². The summed E-state index contributed by atoms with van der Waals surface area (Å²) in [6.45, 7) is 0.407. The van der Waals surface area contributed by atoms with Gasteiger partial charge in [-0.15, -0.1) is 0 Å². The molecule has 1 saturated heterocycles. The minimum absolute atomic E-state index is 0.0173. The van der Waals surface area contributed by atoms with Crippen LogP contribution in [0.15, 0.2) is 12.3 Å². The van der Waals surface area contributed by atoms with Crippen LogP contribution in [-0.4, -0.2) is 48.6 Å². The molecule has 1 amide bonds. The van der Waals surface area contributed by atoms with Crippen LogP contribution in [-0.2, 0) is 14.6 Å². The van der Waals surface area contributed by atoms with Gasteiger partial charge in [0.05, 0.1) is 17.7 Å². The molecule has 1 aromatic rings. The summed E-state index contributed by atoms with van der Waals surface area (Å²) in [6, 6.07) is 1.32. The molecule has 1 aliphatic rings. The van der Waals surface area contributed by atoms with Gasteiger partial charge in [-0.1, -0.05) is 0 Å². The molecule has 0 spiro atoms. The lowest BCUT2D eigenvalue weighted by atomic mass is 10.2. The Morgan fingerprint density at radius 2 is 2.41 bits per heavy atom. The zero-order valence-electron chi connectivity index (χ0n) is 9.14. The van der Waals surface area contributed by atoms with Crippen LogP contribution in [0.25, 0.3) is 0 Å². The Hall–Kier alpha value is -1.41. The molecule has 8 heteroatoms. The number of aromatic amines is 1. The van der Waals surface area contributed by atoms with Crippen molar-refractivity contribution in [1.29, 1.82) is 0 Å². The summed E-state index contributed by atoms with van der Waals surface area (Å²) < 4.78 is 22.7. The number of rotatable bonds is 3. The maximum Gasteiger partial charge on any atom is 0.227 e. The van der Waals surface area contributed by atoms with E-state index in [9.17, 15) is 13.2 Å². The number of hydrogen-bond donors (Lipinski definition) is 3. The first kappa shape index (κ1) is 12.1. The summed E-state index contributed by atoms with van der Waals surface area (Å²) in [7, 11) is -3.00. The number of carbonyl (C=O) groups excluding carboxylic acids is 1. The zero-order valence-corrected chi connectivity index (χ0v) is 9.96. The minimum atomic E-state index is -3.00. The standard InChI is InChI=1S/C9H14N4O3S/c14-9(12-8-1-2-11-13-8)5-7-6-17(15,16)4-3-10-7/h1-2,7,10H,3-6H2,(H2,11,12,13,14). The molecular weight excluding hydrogens is 244 g/mol. The Labute approximate surface area is 98.9 Å². The van der Waals surface area contributed by atoms with E-state index in [1.54, 1.807) is 6.07 Å². The highest BCUT2D eigenvalue weighted by Gasteiger charge is 2.25. The van der Waals surface area contributed by atoms with Crippen molar-refractivity contribution in [2.75, 3.05) is 23.4 Å². The van der Waals surface area contributed by atoms with E-state index in [4.69, 9.17) is 0 Å². The summed E-state index contributed by atoms with van der Waals surface area (Å²) in [6.07, 6.45) is 1.66.